The monoisotopic (exact) mass is 1270 g/mol. The van der Waals surface area contributed by atoms with E-state index in [0.717, 1.165) is 116 Å². The maximum atomic E-state index is 12.9. The predicted molar refractivity (Wildman–Crippen MR) is 390 cm³/mol. The van der Waals surface area contributed by atoms with E-state index in [2.05, 4.69) is 160 Å². The summed E-state index contributed by atoms with van der Waals surface area (Å²) in [4.78, 5) is 35.9. The van der Waals surface area contributed by atoms with Crippen LogP contribution in [0.5, 0.6) is 0 Å². The van der Waals surface area contributed by atoms with Crippen molar-refractivity contribution in [1.29, 1.82) is 0 Å². The first kappa shape index (κ1) is 85.9. The molecular formula is C80H137NO8P+. The number of quaternary nitrogens is 1. The smallest absolute Gasteiger partial charge is 0.462 e. The number of likely N-dealkylation sites (N-methyl/N-ethyl adjacent to an activating group) is 1. The minimum Gasteiger partial charge on any atom is -0.462 e. The highest BCUT2D eigenvalue weighted by Gasteiger charge is 2.27. The molecule has 0 aromatic heterocycles. The van der Waals surface area contributed by atoms with Gasteiger partial charge >= 0.3 is 19.8 Å². The van der Waals surface area contributed by atoms with Crippen LogP contribution in [-0.4, -0.2) is 74.9 Å². The largest absolute Gasteiger partial charge is 0.472 e. The molecule has 0 fully saturated rings. The van der Waals surface area contributed by atoms with E-state index in [1.165, 1.54) is 148 Å². The van der Waals surface area contributed by atoms with Crippen molar-refractivity contribution in [3.8, 4) is 0 Å². The molecule has 0 aromatic rings. The number of unbranched alkanes of at least 4 members (excludes halogenated alkanes) is 28. The molecule has 9 nitrogen and oxygen atoms in total. The van der Waals surface area contributed by atoms with Crippen LogP contribution in [0.4, 0.5) is 0 Å². The molecule has 90 heavy (non-hydrogen) atoms. The van der Waals surface area contributed by atoms with Gasteiger partial charge in [-0.1, -0.05) is 307 Å². The lowest BCUT2D eigenvalue weighted by atomic mass is 10.0. The molecule has 0 aliphatic heterocycles. The van der Waals surface area contributed by atoms with Crippen LogP contribution in [0.2, 0.25) is 0 Å². The summed E-state index contributed by atoms with van der Waals surface area (Å²) in [6.07, 6.45) is 102. The Morgan fingerprint density at radius 2 is 0.633 bits per heavy atom. The zero-order valence-corrected chi connectivity index (χ0v) is 59.5. The van der Waals surface area contributed by atoms with Crippen LogP contribution in [0.3, 0.4) is 0 Å². The summed E-state index contributed by atoms with van der Waals surface area (Å²) in [5, 5.41) is 0. The second-order valence-electron chi connectivity index (χ2n) is 25.2. The topological polar surface area (TPSA) is 108 Å². The number of rotatable bonds is 66. The predicted octanol–water partition coefficient (Wildman–Crippen LogP) is 24.2. The first-order valence-corrected chi connectivity index (χ1v) is 38.1. The summed E-state index contributed by atoms with van der Waals surface area (Å²) in [6.45, 7) is 4.32. The Morgan fingerprint density at radius 1 is 0.356 bits per heavy atom. The molecule has 0 aliphatic rings. The molecule has 0 rings (SSSR count). The summed E-state index contributed by atoms with van der Waals surface area (Å²) >= 11 is 0. The van der Waals surface area contributed by atoms with Crippen molar-refractivity contribution in [2.24, 2.45) is 0 Å². The fraction of sp³-hybridized carbons (Fsp3) is 0.675. The van der Waals surface area contributed by atoms with E-state index in [-0.39, 0.29) is 32.0 Å². The van der Waals surface area contributed by atoms with E-state index in [9.17, 15) is 19.0 Å². The third-order valence-corrected chi connectivity index (χ3v) is 16.3. The SMILES string of the molecule is CC/C=C\C/C=C\C/C=C\C/C=C\C/C=C\C/C=C\C/C=C\C/C=C\C/C=C\C/C=C\C/C=C\CCCCCCCCCC(=O)OC(COC(=O)CCCCCCCCCCCCCCC/C=C\CCCCCCCCCC)COP(=O)(O)OCC[N+](C)(C)C. The fourth-order valence-corrected chi connectivity index (χ4v) is 10.5. The summed E-state index contributed by atoms with van der Waals surface area (Å²) < 4.78 is 34.7. The van der Waals surface area contributed by atoms with Crippen LogP contribution in [0.25, 0.3) is 0 Å². The lowest BCUT2D eigenvalue weighted by molar-refractivity contribution is -0.870. The Hall–Kier alpha value is -4.11. The maximum Gasteiger partial charge on any atom is 0.472 e. The average Bonchev–Trinajstić information content (AvgIpc) is 3.62. The highest BCUT2D eigenvalue weighted by atomic mass is 31.2. The Kier molecular flexibility index (Phi) is 66.1. The second kappa shape index (κ2) is 69.2. The van der Waals surface area contributed by atoms with Gasteiger partial charge in [-0.25, -0.2) is 4.57 Å². The Labute approximate surface area is 554 Å². The lowest BCUT2D eigenvalue weighted by Gasteiger charge is -2.24. The van der Waals surface area contributed by atoms with Gasteiger partial charge in [-0.2, -0.15) is 0 Å². The molecule has 2 unspecified atom stereocenters. The number of phosphoric ester groups is 1. The van der Waals surface area contributed by atoms with Crippen molar-refractivity contribution in [3.05, 3.63) is 146 Å². The van der Waals surface area contributed by atoms with Crippen molar-refractivity contribution in [3.63, 3.8) is 0 Å². The van der Waals surface area contributed by atoms with E-state index in [4.69, 9.17) is 18.5 Å². The van der Waals surface area contributed by atoms with Crippen LogP contribution < -0.4 is 0 Å². The number of hydrogen-bond acceptors (Lipinski definition) is 7. The number of phosphoric acid groups is 1. The van der Waals surface area contributed by atoms with Crippen LogP contribution in [0.15, 0.2) is 146 Å². The summed E-state index contributed by atoms with van der Waals surface area (Å²) in [5.41, 5.74) is 0. The van der Waals surface area contributed by atoms with E-state index in [1.807, 2.05) is 21.1 Å². The standard InChI is InChI=1S/C80H136NO8P/c1-6-8-10-12-14-16-18-20-22-24-26-28-30-32-33-34-35-36-37-38-39-40-41-42-43-44-45-46-47-49-51-53-55-57-59-61-63-65-67-69-71-73-80(83)89-78(77-88-90(84,85)87-75-74-81(3,4)5)76-86-79(82)72-70-68-66-64-62-60-58-56-54-52-50-48-31-29-27-25-23-21-19-17-15-13-11-9-7-2/h8,10,14,16,20,22,25-28,32-33,35-36,38-39,41-42,44-45,47,49,53,55,78H,6-7,9,11-13,15,17-19,21,23-24,29-31,34,37,40,43,46,48,50-52,54,56-77H2,1-5H3/p+1/b10-8-,16-14-,22-20-,27-25-,28-26-,33-32-,36-35-,39-38-,42-41-,45-44-,49-47-,55-53-. The minimum atomic E-state index is -4.40. The number of carbonyl (C=O) groups is 2. The molecule has 0 radical (unpaired) electrons. The summed E-state index contributed by atoms with van der Waals surface area (Å²) in [5.74, 6) is -0.811. The summed E-state index contributed by atoms with van der Waals surface area (Å²) in [6, 6.07) is 0. The molecule has 0 aromatic carbocycles. The zero-order chi connectivity index (χ0) is 65.5. The highest BCUT2D eigenvalue weighted by molar-refractivity contribution is 7.47. The maximum absolute atomic E-state index is 12.9. The van der Waals surface area contributed by atoms with Crippen molar-refractivity contribution in [1.82, 2.24) is 0 Å². The van der Waals surface area contributed by atoms with Crippen LogP contribution in [-0.2, 0) is 32.7 Å². The van der Waals surface area contributed by atoms with Crippen LogP contribution >= 0.6 is 7.82 Å². The first-order valence-electron chi connectivity index (χ1n) is 36.6. The van der Waals surface area contributed by atoms with Crippen LogP contribution in [0, 0.1) is 0 Å². The molecule has 1 N–H and O–H groups in total. The van der Waals surface area contributed by atoms with Gasteiger partial charge in [0.15, 0.2) is 6.10 Å². The van der Waals surface area contributed by atoms with Gasteiger partial charge in [0.1, 0.15) is 19.8 Å². The molecule has 0 aliphatic carbocycles. The van der Waals surface area contributed by atoms with Gasteiger partial charge in [-0.15, -0.1) is 0 Å². The van der Waals surface area contributed by atoms with Gasteiger partial charge in [-0.3, -0.25) is 18.6 Å². The molecular weight excluding hydrogens is 1130 g/mol. The third-order valence-electron chi connectivity index (χ3n) is 15.4. The number of allylic oxidation sites excluding steroid dienone is 24. The van der Waals surface area contributed by atoms with Gasteiger partial charge in [0.05, 0.1) is 27.7 Å². The molecule has 0 amide bonds. The van der Waals surface area contributed by atoms with Crippen molar-refractivity contribution >= 4 is 19.8 Å². The van der Waals surface area contributed by atoms with E-state index in [0.29, 0.717) is 17.4 Å². The number of esters is 2. The van der Waals surface area contributed by atoms with Crippen LogP contribution in [0.1, 0.15) is 296 Å². The van der Waals surface area contributed by atoms with Gasteiger partial charge in [0, 0.05) is 12.8 Å². The van der Waals surface area contributed by atoms with Gasteiger partial charge in [-0.05, 0) is 122 Å². The van der Waals surface area contributed by atoms with Crippen molar-refractivity contribution < 1.29 is 42.1 Å². The molecule has 0 saturated carbocycles. The Bertz CT molecular complexity index is 2030. The molecule has 0 spiro atoms. The molecule has 0 heterocycles. The van der Waals surface area contributed by atoms with Gasteiger partial charge < -0.3 is 18.9 Å². The molecule has 10 heteroatoms. The number of hydrogen-bond donors (Lipinski definition) is 1. The Morgan fingerprint density at radius 3 is 0.956 bits per heavy atom. The van der Waals surface area contributed by atoms with Gasteiger partial charge in [0.2, 0.25) is 0 Å². The molecule has 0 saturated heterocycles. The van der Waals surface area contributed by atoms with E-state index >= 15 is 0 Å². The summed E-state index contributed by atoms with van der Waals surface area (Å²) in [7, 11) is 1.46. The molecule has 2 atom stereocenters. The van der Waals surface area contributed by atoms with E-state index in [1.54, 1.807) is 0 Å². The van der Waals surface area contributed by atoms with Crippen molar-refractivity contribution in [2.75, 3.05) is 47.5 Å². The quantitative estimate of drug-likeness (QED) is 0.0211. The highest BCUT2D eigenvalue weighted by Crippen LogP contribution is 2.43. The fourth-order valence-electron chi connectivity index (χ4n) is 9.78. The lowest BCUT2D eigenvalue weighted by Crippen LogP contribution is -2.37. The van der Waals surface area contributed by atoms with Gasteiger partial charge in [0.25, 0.3) is 0 Å². The normalized spacial score (nSPS) is 14.0. The second-order valence-corrected chi connectivity index (χ2v) is 26.7. The number of carbonyl (C=O) groups excluding carboxylic acids is 2. The Balaban J connectivity index is 4.11. The number of nitrogens with zero attached hydrogens (tertiary/aromatic N) is 1. The average molecular weight is 1270 g/mol. The molecule has 0 bridgehead atoms. The zero-order valence-electron chi connectivity index (χ0n) is 58.6. The van der Waals surface area contributed by atoms with Crippen molar-refractivity contribution in [2.45, 2.75) is 302 Å². The minimum absolute atomic E-state index is 0.0234. The number of ether oxygens (including phenoxy) is 2. The third kappa shape index (κ3) is 72.9. The molecule has 514 valence electrons. The van der Waals surface area contributed by atoms with E-state index < -0.39 is 26.5 Å². The first-order chi connectivity index (χ1) is 44.0.